The van der Waals surface area contributed by atoms with Crippen LogP contribution in [0.15, 0.2) is 67.4 Å². The number of rotatable bonds is 9. The van der Waals surface area contributed by atoms with Crippen LogP contribution in [-0.2, 0) is 13.6 Å². The number of fused-ring (bicyclic) bond motifs is 1. The fourth-order valence-corrected chi connectivity index (χ4v) is 4.24. The molecule has 0 bridgehead atoms. The summed E-state index contributed by atoms with van der Waals surface area (Å²) >= 11 is 0. The summed E-state index contributed by atoms with van der Waals surface area (Å²) in [6, 6.07) is 14.1. The zero-order valence-electron chi connectivity index (χ0n) is 20.9. The highest BCUT2D eigenvalue weighted by molar-refractivity contribution is 5.82. The molecule has 36 heavy (non-hydrogen) atoms. The predicted octanol–water partition coefficient (Wildman–Crippen LogP) is 4.78. The van der Waals surface area contributed by atoms with Gasteiger partial charge in [0.25, 0.3) is 0 Å². The highest BCUT2D eigenvalue weighted by Crippen LogP contribution is 2.34. The van der Waals surface area contributed by atoms with E-state index in [-0.39, 0.29) is 0 Å². The first-order valence-corrected chi connectivity index (χ1v) is 11.8. The average Bonchev–Trinajstić information content (AvgIpc) is 3.53. The van der Waals surface area contributed by atoms with Gasteiger partial charge in [0.05, 0.1) is 37.1 Å². The second kappa shape index (κ2) is 10.1. The Hall–Kier alpha value is -4.40. The monoisotopic (exact) mass is 483 g/mol. The number of benzene rings is 2. The molecule has 3 heterocycles. The molecule has 0 saturated carbocycles. The number of ether oxygens (including phenoxy) is 2. The molecule has 3 aromatic heterocycles. The molecule has 9 heteroatoms. The lowest BCUT2D eigenvalue weighted by Gasteiger charge is -2.26. The van der Waals surface area contributed by atoms with Crippen molar-refractivity contribution in [1.82, 2.24) is 29.3 Å². The van der Waals surface area contributed by atoms with Crippen molar-refractivity contribution in [3.05, 3.63) is 73.2 Å². The normalized spacial score (nSPS) is 11.1. The van der Waals surface area contributed by atoms with E-state index in [1.165, 1.54) is 0 Å². The standard InChI is InChI=1S/C27H29N7O2/c1-19-29-18-30-34(19)10-5-9-33(22-12-23(35-3)15-24(13-22)36-4)21-6-7-25-26(14-21)31-27(16-28-25)20-8-11-32(2)17-20/h6-8,11-18H,5,9-10H2,1-4H3. The van der Waals surface area contributed by atoms with Gasteiger partial charge < -0.3 is 18.9 Å². The maximum absolute atomic E-state index is 5.55. The minimum Gasteiger partial charge on any atom is -0.497 e. The number of anilines is 2. The number of aryl methyl sites for hydroxylation is 3. The van der Waals surface area contributed by atoms with Crippen LogP contribution in [0.1, 0.15) is 12.2 Å². The second-order valence-electron chi connectivity index (χ2n) is 8.60. The molecule has 184 valence electrons. The third-order valence-corrected chi connectivity index (χ3v) is 6.17. The second-order valence-corrected chi connectivity index (χ2v) is 8.60. The van der Waals surface area contributed by atoms with E-state index in [0.717, 1.165) is 70.5 Å². The number of hydrogen-bond donors (Lipinski definition) is 0. The number of methoxy groups -OCH3 is 2. The van der Waals surface area contributed by atoms with Gasteiger partial charge in [0, 0.05) is 67.7 Å². The van der Waals surface area contributed by atoms with Gasteiger partial charge in [-0.15, -0.1) is 0 Å². The Balaban J connectivity index is 1.52. The molecule has 0 fully saturated rings. The molecule has 0 amide bonds. The first kappa shape index (κ1) is 23.3. The van der Waals surface area contributed by atoms with Crippen LogP contribution in [0.2, 0.25) is 0 Å². The molecule has 2 aromatic carbocycles. The maximum atomic E-state index is 5.55. The summed E-state index contributed by atoms with van der Waals surface area (Å²) in [5, 5.41) is 4.32. The van der Waals surface area contributed by atoms with E-state index in [9.17, 15) is 0 Å². The van der Waals surface area contributed by atoms with Gasteiger partial charge in [-0.1, -0.05) is 0 Å². The molecule has 0 N–H and O–H groups in total. The molecule has 5 rings (SSSR count). The quantitative estimate of drug-likeness (QED) is 0.298. The van der Waals surface area contributed by atoms with Crippen LogP contribution < -0.4 is 14.4 Å². The van der Waals surface area contributed by atoms with Crippen LogP contribution in [0.5, 0.6) is 11.5 Å². The summed E-state index contributed by atoms with van der Waals surface area (Å²) in [5.74, 6) is 2.36. The average molecular weight is 484 g/mol. The topological polar surface area (TPSA) is 83.1 Å². The smallest absolute Gasteiger partial charge is 0.138 e. The van der Waals surface area contributed by atoms with E-state index >= 15 is 0 Å². The largest absolute Gasteiger partial charge is 0.497 e. The van der Waals surface area contributed by atoms with Crippen molar-refractivity contribution < 1.29 is 9.47 Å². The van der Waals surface area contributed by atoms with Gasteiger partial charge in [-0.3, -0.25) is 9.67 Å². The molecule has 0 saturated heterocycles. The molecule has 0 aliphatic heterocycles. The highest BCUT2D eigenvalue weighted by Gasteiger charge is 2.15. The third kappa shape index (κ3) is 4.86. The van der Waals surface area contributed by atoms with Crippen molar-refractivity contribution >= 4 is 22.4 Å². The van der Waals surface area contributed by atoms with Crippen LogP contribution in [0, 0.1) is 6.92 Å². The number of hydrogen-bond acceptors (Lipinski definition) is 7. The van der Waals surface area contributed by atoms with Crippen molar-refractivity contribution in [2.24, 2.45) is 7.05 Å². The van der Waals surface area contributed by atoms with Gasteiger partial charge in [0.1, 0.15) is 23.7 Å². The van der Waals surface area contributed by atoms with Gasteiger partial charge in [-0.05, 0) is 37.6 Å². The Morgan fingerprint density at radius 2 is 1.72 bits per heavy atom. The van der Waals surface area contributed by atoms with Crippen molar-refractivity contribution in [1.29, 1.82) is 0 Å². The fraction of sp³-hybridized carbons (Fsp3) is 0.259. The van der Waals surface area contributed by atoms with Crippen LogP contribution in [0.25, 0.3) is 22.3 Å². The van der Waals surface area contributed by atoms with Gasteiger partial charge in [0.2, 0.25) is 0 Å². The van der Waals surface area contributed by atoms with Crippen molar-refractivity contribution in [2.75, 3.05) is 25.7 Å². The van der Waals surface area contributed by atoms with E-state index in [2.05, 4.69) is 32.1 Å². The lowest BCUT2D eigenvalue weighted by Crippen LogP contribution is -2.20. The molecule has 0 aliphatic rings. The molecule has 0 radical (unpaired) electrons. The Kier molecular flexibility index (Phi) is 6.53. The summed E-state index contributed by atoms with van der Waals surface area (Å²) in [6.07, 6.45) is 8.32. The highest BCUT2D eigenvalue weighted by atomic mass is 16.5. The summed E-state index contributed by atoms with van der Waals surface area (Å²) in [4.78, 5) is 16.0. The molecular formula is C27H29N7O2. The summed E-state index contributed by atoms with van der Waals surface area (Å²) < 4.78 is 15.0. The number of nitrogens with zero attached hydrogens (tertiary/aromatic N) is 7. The van der Waals surface area contributed by atoms with Crippen molar-refractivity contribution in [2.45, 2.75) is 19.9 Å². The third-order valence-electron chi connectivity index (χ3n) is 6.17. The SMILES string of the molecule is COc1cc(OC)cc(N(CCCn2ncnc2C)c2ccc3ncc(-c4ccn(C)c4)nc3c2)c1. The zero-order valence-corrected chi connectivity index (χ0v) is 20.9. The number of aromatic nitrogens is 6. The predicted molar refractivity (Wildman–Crippen MR) is 140 cm³/mol. The minimum absolute atomic E-state index is 0.730. The van der Waals surface area contributed by atoms with E-state index in [1.54, 1.807) is 20.5 Å². The van der Waals surface area contributed by atoms with Crippen LogP contribution >= 0.6 is 0 Å². The molecule has 0 aliphatic carbocycles. The zero-order chi connectivity index (χ0) is 25.1. The van der Waals surface area contributed by atoms with Crippen LogP contribution in [0.3, 0.4) is 0 Å². The Bertz CT molecular complexity index is 1470. The summed E-state index contributed by atoms with van der Waals surface area (Å²) in [6.45, 7) is 3.46. The molecule has 5 aromatic rings. The van der Waals surface area contributed by atoms with Gasteiger partial charge in [-0.2, -0.15) is 5.10 Å². The van der Waals surface area contributed by atoms with E-state index in [4.69, 9.17) is 14.5 Å². The van der Waals surface area contributed by atoms with Crippen molar-refractivity contribution in [3.8, 4) is 22.8 Å². The van der Waals surface area contributed by atoms with Crippen LogP contribution in [0.4, 0.5) is 11.4 Å². The minimum atomic E-state index is 0.730. The van der Waals surface area contributed by atoms with Gasteiger partial charge in [0.15, 0.2) is 0 Å². The molecule has 0 atom stereocenters. The molecule has 9 nitrogen and oxygen atoms in total. The Labute approximate surface area is 210 Å². The Morgan fingerprint density at radius 1 is 0.917 bits per heavy atom. The van der Waals surface area contributed by atoms with Gasteiger partial charge >= 0.3 is 0 Å². The lowest BCUT2D eigenvalue weighted by atomic mass is 10.1. The fourth-order valence-electron chi connectivity index (χ4n) is 4.24. The maximum Gasteiger partial charge on any atom is 0.138 e. The Morgan fingerprint density at radius 3 is 2.39 bits per heavy atom. The lowest BCUT2D eigenvalue weighted by molar-refractivity contribution is 0.394. The van der Waals surface area contributed by atoms with E-state index < -0.39 is 0 Å². The summed E-state index contributed by atoms with van der Waals surface area (Å²) in [7, 11) is 5.32. The molecule has 0 unspecified atom stereocenters. The molecule has 0 spiro atoms. The summed E-state index contributed by atoms with van der Waals surface area (Å²) in [5.41, 5.74) is 5.53. The molecular weight excluding hydrogens is 454 g/mol. The van der Waals surface area contributed by atoms with Gasteiger partial charge in [-0.25, -0.2) is 9.97 Å². The first-order chi connectivity index (χ1) is 17.5. The van der Waals surface area contributed by atoms with Crippen molar-refractivity contribution in [3.63, 3.8) is 0 Å². The first-order valence-electron chi connectivity index (χ1n) is 11.8. The van der Waals surface area contributed by atoms with E-state index in [0.29, 0.717) is 0 Å². The van der Waals surface area contributed by atoms with Crippen LogP contribution in [-0.4, -0.2) is 50.1 Å². The van der Waals surface area contributed by atoms with E-state index in [1.807, 2.05) is 72.1 Å².